The van der Waals surface area contributed by atoms with Gasteiger partial charge in [0.15, 0.2) is 5.13 Å². The Morgan fingerprint density at radius 3 is 2.80 bits per heavy atom. The van der Waals surface area contributed by atoms with E-state index in [9.17, 15) is 9.59 Å². The number of nitrogens with zero attached hydrogens (tertiary/aromatic N) is 1. The fourth-order valence-electron chi connectivity index (χ4n) is 2.53. The van der Waals surface area contributed by atoms with E-state index in [2.05, 4.69) is 15.3 Å². The van der Waals surface area contributed by atoms with Crippen molar-refractivity contribution < 1.29 is 14.3 Å². The van der Waals surface area contributed by atoms with Crippen LogP contribution in [0.3, 0.4) is 0 Å². The van der Waals surface area contributed by atoms with Crippen molar-refractivity contribution in [1.29, 1.82) is 0 Å². The number of ether oxygens (including phenoxy) is 1. The molecular formula is C17H17N3O3S2. The summed E-state index contributed by atoms with van der Waals surface area (Å²) in [6, 6.07) is 3.94. The molecule has 0 bridgehead atoms. The second kappa shape index (κ2) is 7.20. The van der Waals surface area contributed by atoms with Gasteiger partial charge in [-0.15, -0.1) is 22.7 Å². The maximum Gasteiger partial charge on any atom is 0.355 e. The van der Waals surface area contributed by atoms with Gasteiger partial charge in [-0.05, 0) is 37.8 Å². The Morgan fingerprint density at radius 2 is 2.12 bits per heavy atom. The van der Waals surface area contributed by atoms with Gasteiger partial charge in [0.05, 0.1) is 22.7 Å². The highest BCUT2D eigenvalue weighted by Gasteiger charge is 2.23. The summed E-state index contributed by atoms with van der Waals surface area (Å²) < 4.78 is 5.01. The molecule has 3 aromatic heterocycles. The minimum absolute atomic E-state index is 0.280. The van der Waals surface area contributed by atoms with Gasteiger partial charge in [-0.25, -0.2) is 9.78 Å². The van der Waals surface area contributed by atoms with Crippen molar-refractivity contribution in [2.45, 2.75) is 20.8 Å². The highest BCUT2D eigenvalue weighted by Crippen LogP contribution is 2.29. The number of carbonyl (C=O) groups is 2. The van der Waals surface area contributed by atoms with Crippen LogP contribution in [-0.4, -0.2) is 28.5 Å². The smallest absolute Gasteiger partial charge is 0.355 e. The minimum Gasteiger partial charge on any atom is -0.461 e. The predicted octanol–water partition coefficient (Wildman–Crippen LogP) is 4.25. The van der Waals surface area contributed by atoms with Crippen LogP contribution in [0.25, 0.3) is 10.6 Å². The quantitative estimate of drug-likeness (QED) is 0.653. The van der Waals surface area contributed by atoms with E-state index in [0.717, 1.165) is 10.6 Å². The lowest BCUT2D eigenvalue weighted by molar-refractivity contribution is 0.0519. The third-order valence-electron chi connectivity index (χ3n) is 3.64. The van der Waals surface area contributed by atoms with E-state index >= 15 is 0 Å². The Hall–Kier alpha value is -2.45. The number of rotatable bonds is 5. The Kier molecular flexibility index (Phi) is 5.00. The number of thiophene rings is 1. The summed E-state index contributed by atoms with van der Waals surface area (Å²) in [5.74, 6) is -0.759. The number of carbonyl (C=O) groups excluding carboxylic acids is 2. The van der Waals surface area contributed by atoms with E-state index in [1.54, 1.807) is 32.1 Å². The van der Waals surface area contributed by atoms with E-state index in [0.29, 0.717) is 27.6 Å². The number of esters is 1. The summed E-state index contributed by atoms with van der Waals surface area (Å²) in [6.07, 6.45) is 0. The minimum atomic E-state index is -0.462. The van der Waals surface area contributed by atoms with E-state index in [1.807, 2.05) is 22.9 Å². The third kappa shape index (κ3) is 3.49. The van der Waals surface area contributed by atoms with Crippen LogP contribution in [0.4, 0.5) is 5.13 Å². The first-order chi connectivity index (χ1) is 12.0. The number of H-pyrrole nitrogens is 1. The van der Waals surface area contributed by atoms with Crippen molar-refractivity contribution in [1.82, 2.24) is 9.97 Å². The first-order valence-corrected chi connectivity index (χ1v) is 9.44. The van der Waals surface area contributed by atoms with Gasteiger partial charge in [0.2, 0.25) is 0 Å². The summed E-state index contributed by atoms with van der Waals surface area (Å²) in [5, 5.41) is 7.21. The van der Waals surface area contributed by atoms with Gasteiger partial charge in [-0.1, -0.05) is 6.07 Å². The van der Waals surface area contributed by atoms with Gasteiger partial charge < -0.3 is 9.72 Å². The van der Waals surface area contributed by atoms with Gasteiger partial charge in [-0.3, -0.25) is 10.1 Å². The van der Waals surface area contributed by atoms with Crippen LogP contribution >= 0.6 is 22.7 Å². The zero-order valence-electron chi connectivity index (χ0n) is 14.0. The molecule has 2 N–H and O–H groups in total. The summed E-state index contributed by atoms with van der Waals surface area (Å²) in [5.41, 5.74) is 2.78. The molecule has 6 nitrogen and oxygen atoms in total. The largest absolute Gasteiger partial charge is 0.461 e. The number of thiazole rings is 1. The van der Waals surface area contributed by atoms with Crippen molar-refractivity contribution in [2.75, 3.05) is 11.9 Å². The number of hydrogen-bond donors (Lipinski definition) is 2. The Labute approximate surface area is 152 Å². The summed E-state index contributed by atoms with van der Waals surface area (Å²) in [7, 11) is 0. The highest BCUT2D eigenvalue weighted by molar-refractivity contribution is 7.16. The first kappa shape index (κ1) is 17.4. The number of aromatic nitrogens is 2. The molecule has 3 heterocycles. The van der Waals surface area contributed by atoms with Crippen molar-refractivity contribution in [3.8, 4) is 10.6 Å². The van der Waals surface area contributed by atoms with Crippen LogP contribution in [0.1, 0.15) is 39.0 Å². The van der Waals surface area contributed by atoms with Gasteiger partial charge in [0.1, 0.15) is 5.69 Å². The lowest BCUT2D eigenvalue weighted by Crippen LogP contribution is -2.14. The zero-order chi connectivity index (χ0) is 18.0. The number of aryl methyl sites for hydroxylation is 1. The Morgan fingerprint density at radius 1 is 1.32 bits per heavy atom. The van der Waals surface area contributed by atoms with Crippen LogP contribution < -0.4 is 5.32 Å². The van der Waals surface area contributed by atoms with Crippen LogP contribution in [-0.2, 0) is 4.74 Å². The number of amides is 1. The molecule has 0 aromatic carbocycles. The monoisotopic (exact) mass is 375 g/mol. The summed E-state index contributed by atoms with van der Waals surface area (Å²) >= 11 is 2.96. The molecule has 0 atom stereocenters. The van der Waals surface area contributed by atoms with E-state index in [4.69, 9.17) is 4.74 Å². The van der Waals surface area contributed by atoms with E-state index < -0.39 is 5.97 Å². The van der Waals surface area contributed by atoms with Crippen molar-refractivity contribution >= 4 is 39.7 Å². The normalized spacial score (nSPS) is 10.7. The van der Waals surface area contributed by atoms with Crippen LogP contribution in [0.2, 0.25) is 0 Å². The molecule has 0 spiro atoms. The molecule has 0 radical (unpaired) electrons. The molecule has 0 fully saturated rings. The third-order valence-corrected chi connectivity index (χ3v) is 5.29. The van der Waals surface area contributed by atoms with Crippen molar-refractivity contribution in [3.63, 3.8) is 0 Å². The highest BCUT2D eigenvalue weighted by atomic mass is 32.1. The molecule has 0 aliphatic heterocycles. The standard InChI is InChI=1S/C17H17N3O3S2/c1-4-23-16(22)14-9(2)13(10(3)18-14)15(21)20-17-19-11(8-25-17)12-6-5-7-24-12/h5-8,18H,4H2,1-3H3,(H,19,20,21). The molecular weight excluding hydrogens is 358 g/mol. The lowest BCUT2D eigenvalue weighted by Gasteiger charge is -2.03. The second-order valence-corrected chi connectivity index (χ2v) is 7.12. The van der Waals surface area contributed by atoms with Gasteiger partial charge in [-0.2, -0.15) is 0 Å². The van der Waals surface area contributed by atoms with Crippen molar-refractivity contribution in [2.24, 2.45) is 0 Å². The molecule has 0 aliphatic rings. The van der Waals surface area contributed by atoms with E-state index in [-0.39, 0.29) is 12.5 Å². The molecule has 0 saturated carbocycles. The number of hydrogen-bond acceptors (Lipinski definition) is 6. The summed E-state index contributed by atoms with van der Waals surface area (Å²) in [4.78, 5) is 33.0. The molecule has 3 aromatic rings. The number of nitrogens with one attached hydrogen (secondary N) is 2. The molecule has 0 saturated heterocycles. The molecule has 0 aliphatic carbocycles. The molecule has 8 heteroatoms. The maximum atomic E-state index is 12.6. The lowest BCUT2D eigenvalue weighted by atomic mass is 10.1. The average molecular weight is 375 g/mol. The zero-order valence-corrected chi connectivity index (χ0v) is 15.6. The Bertz CT molecular complexity index is 910. The number of anilines is 1. The second-order valence-electron chi connectivity index (χ2n) is 5.31. The number of aromatic amines is 1. The maximum absolute atomic E-state index is 12.6. The van der Waals surface area contributed by atoms with Crippen LogP contribution in [0, 0.1) is 13.8 Å². The first-order valence-electron chi connectivity index (χ1n) is 7.68. The topological polar surface area (TPSA) is 84.1 Å². The van der Waals surface area contributed by atoms with Crippen LogP contribution in [0.5, 0.6) is 0 Å². The van der Waals surface area contributed by atoms with Crippen LogP contribution in [0.15, 0.2) is 22.9 Å². The van der Waals surface area contributed by atoms with Gasteiger partial charge >= 0.3 is 5.97 Å². The fourth-order valence-corrected chi connectivity index (χ4v) is 3.99. The summed E-state index contributed by atoms with van der Waals surface area (Å²) in [6.45, 7) is 5.50. The molecule has 3 rings (SSSR count). The van der Waals surface area contributed by atoms with Gasteiger partial charge in [0, 0.05) is 11.1 Å². The average Bonchev–Trinajstić information content (AvgIpc) is 3.27. The van der Waals surface area contributed by atoms with Gasteiger partial charge in [0.25, 0.3) is 5.91 Å². The van der Waals surface area contributed by atoms with E-state index in [1.165, 1.54) is 11.3 Å². The Balaban J connectivity index is 1.81. The predicted molar refractivity (Wildman–Crippen MR) is 99.6 cm³/mol. The molecule has 1 amide bonds. The molecule has 130 valence electrons. The fraction of sp³-hybridized carbons (Fsp3) is 0.235. The molecule has 25 heavy (non-hydrogen) atoms. The van der Waals surface area contributed by atoms with Crippen molar-refractivity contribution in [3.05, 3.63) is 45.4 Å². The molecule has 0 unspecified atom stereocenters. The SMILES string of the molecule is CCOC(=O)c1[nH]c(C)c(C(=O)Nc2nc(-c3cccs3)cs2)c1C.